The number of aromatic nitrogens is 3. The normalized spacial score (nSPS) is 16.2. The zero-order valence-corrected chi connectivity index (χ0v) is 16.8. The van der Waals surface area contributed by atoms with Crippen LogP contribution in [-0.2, 0) is 4.79 Å². The third-order valence-electron chi connectivity index (χ3n) is 5.21. The molecule has 30 heavy (non-hydrogen) atoms. The van der Waals surface area contributed by atoms with Crippen LogP contribution in [0.1, 0.15) is 41.7 Å². The number of rotatable bonds is 4. The third kappa shape index (κ3) is 4.35. The van der Waals surface area contributed by atoms with Crippen LogP contribution in [0.4, 0.5) is 5.69 Å². The average Bonchev–Trinajstić information content (AvgIpc) is 2.79. The van der Waals surface area contributed by atoms with E-state index >= 15 is 0 Å². The first-order valence-electron chi connectivity index (χ1n) is 10.00. The minimum absolute atomic E-state index is 0.0141. The van der Waals surface area contributed by atoms with Crippen molar-refractivity contribution in [2.75, 3.05) is 18.4 Å². The van der Waals surface area contributed by atoms with Gasteiger partial charge >= 0.3 is 0 Å². The van der Waals surface area contributed by atoms with Gasteiger partial charge in [-0.15, -0.1) is 0 Å². The summed E-state index contributed by atoms with van der Waals surface area (Å²) < 4.78 is 0. The van der Waals surface area contributed by atoms with E-state index in [1.165, 1.54) is 6.92 Å². The van der Waals surface area contributed by atoms with Crippen molar-refractivity contribution in [1.82, 2.24) is 19.9 Å². The van der Waals surface area contributed by atoms with Crippen LogP contribution in [0.3, 0.4) is 0 Å². The van der Waals surface area contributed by atoms with Gasteiger partial charge < -0.3 is 10.2 Å². The number of pyridine rings is 1. The molecule has 1 atom stereocenters. The van der Waals surface area contributed by atoms with Crippen molar-refractivity contribution in [2.45, 2.75) is 25.7 Å². The quantitative estimate of drug-likeness (QED) is 0.723. The topological polar surface area (TPSA) is 88.1 Å². The average molecular weight is 401 g/mol. The molecule has 2 amide bonds. The summed E-state index contributed by atoms with van der Waals surface area (Å²) in [4.78, 5) is 39.4. The SMILES string of the molecule is CC(=O)Nc1cccc(-c2nccnc2[C@@H]2CCCN(C(=O)c3ccncc3)C2)c1. The predicted molar refractivity (Wildman–Crippen MR) is 114 cm³/mol. The van der Waals surface area contributed by atoms with Gasteiger partial charge in [0.25, 0.3) is 5.91 Å². The van der Waals surface area contributed by atoms with E-state index < -0.39 is 0 Å². The number of likely N-dealkylation sites (tertiary alicyclic amines) is 1. The summed E-state index contributed by atoms with van der Waals surface area (Å²) in [5, 5.41) is 2.81. The Morgan fingerprint density at radius 3 is 2.67 bits per heavy atom. The molecule has 0 bridgehead atoms. The molecular weight excluding hydrogens is 378 g/mol. The van der Waals surface area contributed by atoms with Crippen molar-refractivity contribution in [3.05, 3.63) is 72.4 Å². The maximum absolute atomic E-state index is 12.9. The number of nitrogens with one attached hydrogen (secondary N) is 1. The molecule has 2 aromatic heterocycles. The van der Waals surface area contributed by atoms with Crippen LogP contribution in [0.5, 0.6) is 0 Å². The van der Waals surface area contributed by atoms with Crippen LogP contribution in [0.25, 0.3) is 11.3 Å². The van der Waals surface area contributed by atoms with Crippen molar-refractivity contribution in [3.8, 4) is 11.3 Å². The van der Waals surface area contributed by atoms with Crippen molar-refractivity contribution in [1.29, 1.82) is 0 Å². The second-order valence-corrected chi connectivity index (χ2v) is 7.38. The molecule has 3 heterocycles. The van der Waals surface area contributed by atoms with Gasteiger partial charge in [-0.25, -0.2) is 0 Å². The van der Waals surface area contributed by atoms with Crippen LogP contribution >= 0.6 is 0 Å². The lowest BCUT2D eigenvalue weighted by molar-refractivity contribution is -0.114. The fourth-order valence-electron chi connectivity index (χ4n) is 3.88. The Morgan fingerprint density at radius 1 is 1.07 bits per heavy atom. The Kier molecular flexibility index (Phi) is 5.79. The molecule has 1 fully saturated rings. The Hall–Kier alpha value is -3.61. The minimum Gasteiger partial charge on any atom is -0.338 e. The highest BCUT2D eigenvalue weighted by atomic mass is 16.2. The summed E-state index contributed by atoms with van der Waals surface area (Å²) in [6.07, 6.45) is 8.49. The Balaban J connectivity index is 1.61. The van der Waals surface area contributed by atoms with Gasteiger partial charge in [0, 0.05) is 67.5 Å². The summed E-state index contributed by atoms with van der Waals surface area (Å²) in [5.41, 5.74) is 3.92. The monoisotopic (exact) mass is 401 g/mol. The van der Waals surface area contributed by atoms with E-state index in [2.05, 4.69) is 20.3 Å². The Morgan fingerprint density at radius 2 is 1.87 bits per heavy atom. The zero-order valence-electron chi connectivity index (χ0n) is 16.8. The highest BCUT2D eigenvalue weighted by Gasteiger charge is 2.28. The Labute approximate surface area is 175 Å². The number of anilines is 1. The van der Waals surface area contributed by atoms with Crippen LogP contribution in [-0.4, -0.2) is 44.8 Å². The number of hydrogen-bond acceptors (Lipinski definition) is 5. The number of benzene rings is 1. The number of carbonyl (C=O) groups excluding carboxylic acids is 2. The van der Waals surface area contributed by atoms with Gasteiger partial charge in [-0.2, -0.15) is 0 Å². The first-order chi connectivity index (χ1) is 14.6. The largest absolute Gasteiger partial charge is 0.338 e. The molecule has 1 aromatic carbocycles. The summed E-state index contributed by atoms with van der Waals surface area (Å²) in [7, 11) is 0. The molecular formula is C23H23N5O2. The summed E-state index contributed by atoms with van der Waals surface area (Å²) >= 11 is 0. The lowest BCUT2D eigenvalue weighted by atomic mass is 9.91. The fourth-order valence-corrected chi connectivity index (χ4v) is 3.88. The highest BCUT2D eigenvalue weighted by Crippen LogP contribution is 2.33. The van der Waals surface area contributed by atoms with E-state index in [9.17, 15) is 9.59 Å². The molecule has 7 heteroatoms. The molecule has 1 N–H and O–H groups in total. The minimum atomic E-state index is -0.121. The van der Waals surface area contributed by atoms with Gasteiger partial charge in [-0.3, -0.25) is 24.5 Å². The maximum Gasteiger partial charge on any atom is 0.253 e. The van der Waals surface area contributed by atoms with Crippen LogP contribution < -0.4 is 5.32 Å². The number of piperidine rings is 1. The van der Waals surface area contributed by atoms with Crippen LogP contribution in [0.15, 0.2) is 61.2 Å². The van der Waals surface area contributed by atoms with Gasteiger partial charge in [0.2, 0.25) is 5.91 Å². The molecule has 7 nitrogen and oxygen atoms in total. The van der Waals surface area contributed by atoms with Gasteiger partial charge in [0.1, 0.15) is 0 Å². The van der Waals surface area contributed by atoms with E-state index in [0.29, 0.717) is 12.1 Å². The van der Waals surface area contributed by atoms with E-state index in [1.54, 1.807) is 36.9 Å². The van der Waals surface area contributed by atoms with Gasteiger partial charge in [-0.1, -0.05) is 12.1 Å². The first-order valence-corrected chi connectivity index (χ1v) is 10.00. The van der Waals surface area contributed by atoms with Crippen LogP contribution in [0.2, 0.25) is 0 Å². The van der Waals surface area contributed by atoms with Crippen molar-refractivity contribution in [2.24, 2.45) is 0 Å². The van der Waals surface area contributed by atoms with E-state index in [-0.39, 0.29) is 17.7 Å². The molecule has 1 aliphatic heterocycles. The van der Waals surface area contributed by atoms with Gasteiger partial charge in [0.05, 0.1) is 11.4 Å². The number of carbonyl (C=O) groups is 2. The molecule has 4 rings (SSSR count). The second-order valence-electron chi connectivity index (χ2n) is 7.38. The lowest BCUT2D eigenvalue weighted by Gasteiger charge is -2.33. The highest BCUT2D eigenvalue weighted by molar-refractivity contribution is 5.94. The molecule has 1 aliphatic rings. The smallest absolute Gasteiger partial charge is 0.253 e. The zero-order chi connectivity index (χ0) is 20.9. The van der Waals surface area contributed by atoms with Crippen LogP contribution in [0, 0.1) is 0 Å². The maximum atomic E-state index is 12.9. The van der Waals surface area contributed by atoms with Crippen molar-refractivity contribution < 1.29 is 9.59 Å². The second kappa shape index (κ2) is 8.82. The number of nitrogens with zero attached hydrogens (tertiary/aromatic N) is 4. The van der Waals surface area contributed by atoms with E-state index in [0.717, 1.165) is 42.0 Å². The first kappa shape index (κ1) is 19.7. The third-order valence-corrected chi connectivity index (χ3v) is 5.21. The molecule has 3 aromatic rings. The number of hydrogen-bond donors (Lipinski definition) is 1. The molecule has 0 unspecified atom stereocenters. The standard InChI is InChI=1S/C23H23N5O2/c1-16(29)27-20-6-2-4-18(14-20)21-22(26-12-11-25-21)19-5-3-13-28(15-19)23(30)17-7-9-24-10-8-17/h2,4,6-12,14,19H,3,5,13,15H2,1H3,(H,27,29)/t19-/m1/s1. The van der Waals surface area contributed by atoms with E-state index in [1.807, 2.05) is 29.2 Å². The fraction of sp³-hybridized carbons (Fsp3) is 0.261. The van der Waals surface area contributed by atoms with E-state index in [4.69, 9.17) is 0 Å². The molecule has 1 saturated heterocycles. The molecule has 0 radical (unpaired) electrons. The Bertz CT molecular complexity index is 1050. The predicted octanol–water partition coefficient (Wildman–Crippen LogP) is 3.52. The molecule has 152 valence electrons. The summed E-state index contributed by atoms with van der Waals surface area (Å²) in [6, 6.07) is 11.1. The van der Waals surface area contributed by atoms with Crippen molar-refractivity contribution in [3.63, 3.8) is 0 Å². The molecule has 0 saturated carbocycles. The molecule has 0 spiro atoms. The van der Waals surface area contributed by atoms with Crippen molar-refractivity contribution >= 4 is 17.5 Å². The van der Waals surface area contributed by atoms with Gasteiger partial charge in [0.15, 0.2) is 0 Å². The molecule has 0 aliphatic carbocycles. The lowest BCUT2D eigenvalue weighted by Crippen LogP contribution is -2.39. The summed E-state index contributed by atoms with van der Waals surface area (Å²) in [6.45, 7) is 2.81. The van der Waals surface area contributed by atoms with Gasteiger partial charge in [-0.05, 0) is 37.1 Å². The number of amides is 2. The summed E-state index contributed by atoms with van der Waals surface area (Å²) in [5.74, 6) is -0.0121.